The Balaban J connectivity index is 2.49. The van der Waals surface area contributed by atoms with Crippen LogP contribution in [-0.2, 0) is 6.42 Å². The van der Waals surface area contributed by atoms with Gasteiger partial charge in [-0.1, -0.05) is 18.6 Å². The Morgan fingerprint density at radius 1 is 1.14 bits per heavy atom. The zero-order valence-electron chi connectivity index (χ0n) is 9.14. The second-order valence-electron chi connectivity index (χ2n) is 4.49. The van der Waals surface area contributed by atoms with Gasteiger partial charge in [0.15, 0.2) is 0 Å². The zero-order valence-corrected chi connectivity index (χ0v) is 9.14. The first kappa shape index (κ1) is 9.72. The van der Waals surface area contributed by atoms with Crippen LogP contribution in [0.4, 0.5) is 0 Å². The third-order valence-corrected chi connectivity index (χ3v) is 3.37. The summed E-state index contributed by atoms with van der Waals surface area (Å²) in [6, 6.07) is 4.89. The Bertz CT molecular complexity index is 341. The average molecular weight is 189 g/mol. The van der Waals surface area contributed by atoms with Gasteiger partial charge in [-0.25, -0.2) is 0 Å². The lowest BCUT2D eigenvalue weighted by Gasteiger charge is -2.14. The van der Waals surface area contributed by atoms with Crippen LogP contribution in [0.5, 0.6) is 0 Å². The first-order valence-electron chi connectivity index (χ1n) is 5.54. The van der Waals surface area contributed by atoms with Gasteiger partial charge in [0.05, 0.1) is 0 Å². The van der Waals surface area contributed by atoms with E-state index in [0.29, 0.717) is 0 Å². The maximum absolute atomic E-state index is 6.17. The van der Waals surface area contributed by atoms with Gasteiger partial charge in [-0.15, -0.1) is 0 Å². The molecule has 0 aromatic heterocycles. The number of nitrogens with two attached hydrogens (primary N) is 1. The summed E-state index contributed by atoms with van der Waals surface area (Å²) in [7, 11) is 0. The Morgan fingerprint density at radius 2 is 1.86 bits per heavy atom. The SMILES string of the molecule is Cc1cc2c(cc1C)[C@@H](N)CCCC2. The molecule has 0 aliphatic heterocycles. The van der Waals surface area contributed by atoms with Crippen molar-refractivity contribution in [1.82, 2.24) is 0 Å². The van der Waals surface area contributed by atoms with Gasteiger partial charge in [0.1, 0.15) is 0 Å². The Labute approximate surface area is 86.3 Å². The number of hydrogen-bond acceptors (Lipinski definition) is 1. The largest absolute Gasteiger partial charge is 0.324 e. The number of aryl methyl sites for hydroxylation is 3. The maximum Gasteiger partial charge on any atom is 0.0297 e. The van der Waals surface area contributed by atoms with E-state index < -0.39 is 0 Å². The molecule has 1 aliphatic rings. The molecule has 1 aromatic rings. The Hall–Kier alpha value is -0.820. The topological polar surface area (TPSA) is 26.0 Å². The molecule has 2 rings (SSSR count). The molecule has 0 saturated carbocycles. The molecule has 1 atom stereocenters. The van der Waals surface area contributed by atoms with Crippen LogP contribution >= 0.6 is 0 Å². The van der Waals surface area contributed by atoms with E-state index in [4.69, 9.17) is 5.73 Å². The van der Waals surface area contributed by atoms with E-state index in [9.17, 15) is 0 Å². The molecule has 0 spiro atoms. The van der Waals surface area contributed by atoms with E-state index in [0.717, 1.165) is 6.42 Å². The lowest BCUT2D eigenvalue weighted by Crippen LogP contribution is -2.11. The van der Waals surface area contributed by atoms with Gasteiger partial charge in [0.2, 0.25) is 0 Å². The average Bonchev–Trinajstić information content (AvgIpc) is 2.31. The van der Waals surface area contributed by atoms with Crippen LogP contribution in [0.2, 0.25) is 0 Å². The number of benzene rings is 1. The van der Waals surface area contributed by atoms with Crippen molar-refractivity contribution in [2.75, 3.05) is 0 Å². The quantitative estimate of drug-likeness (QED) is 0.624. The van der Waals surface area contributed by atoms with Gasteiger partial charge in [0, 0.05) is 6.04 Å². The minimum absolute atomic E-state index is 0.270. The maximum atomic E-state index is 6.17. The van der Waals surface area contributed by atoms with Crippen molar-refractivity contribution < 1.29 is 0 Å². The van der Waals surface area contributed by atoms with Crippen molar-refractivity contribution in [2.24, 2.45) is 5.73 Å². The summed E-state index contributed by atoms with van der Waals surface area (Å²) >= 11 is 0. The summed E-state index contributed by atoms with van der Waals surface area (Å²) in [5.41, 5.74) is 11.8. The molecule has 1 heteroatoms. The van der Waals surface area contributed by atoms with Crippen LogP contribution in [0.3, 0.4) is 0 Å². The van der Waals surface area contributed by atoms with Crippen molar-refractivity contribution >= 4 is 0 Å². The lowest BCUT2D eigenvalue weighted by molar-refractivity contribution is 0.615. The minimum Gasteiger partial charge on any atom is -0.324 e. The second kappa shape index (κ2) is 3.74. The highest BCUT2D eigenvalue weighted by Gasteiger charge is 2.15. The highest BCUT2D eigenvalue weighted by molar-refractivity contribution is 5.39. The van der Waals surface area contributed by atoms with E-state index in [1.807, 2.05) is 0 Å². The summed E-state index contributed by atoms with van der Waals surface area (Å²) in [5, 5.41) is 0. The van der Waals surface area contributed by atoms with E-state index >= 15 is 0 Å². The molecule has 0 amide bonds. The molecule has 0 unspecified atom stereocenters. The molecule has 1 nitrogen and oxygen atoms in total. The van der Waals surface area contributed by atoms with Crippen molar-refractivity contribution in [1.29, 1.82) is 0 Å². The highest BCUT2D eigenvalue weighted by Crippen LogP contribution is 2.28. The fraction of sp³-hybridized carbons (Fsp3) is 0.538. The molecule has 76 valence electrons. The minimum atomic E-state index is 0.270. The fourth-order valence-corrected chi connectivity index (χ4v) is 2.30. The Kier molecular flexibility index (Phi) is 2.60. The van der Waals surface area contributed by atoms with Gasteiger partial charge in [0.25, 0.3) is 0 Å². The highest BCUT2D eigenvalue weighted by atomic mass is 14.6. The van der Waals surface area contributed by atoms with Gasteiger partial charge in [-0.05, 0) is 55.4 Å². The smallest absolute Gasteiger partial charge is 0.0297 e. The first-order valence-corrected chi connectivity index (χ1v) is 5.54. The second-order valence-corrected chi connectivity index (χ2v) is 4.49. The van der Waals surface area contributed by atoms with Crippen LogP contribution in [0.15, 0.2) is 12.1 Å². The van der Waals surface area contributed by atoms with E-state index in [1.54, 1.807) is 0 Å². The van der Waals surface area contributed by atoms with E-state index in [-0.39, 0.29) is 6.04 Å². The summed E-state index contributed by atoms with van der Waals surface area (Å²) in [6.07, 6.45) is 4.93. The molecule has 14 heavy (non-hydrogen) atoms. The lowest BCUT2D eigenvalue weighted by atomic mass is 9.94. The van der Waals surface area contributed by atoms with E-state index in [2.05, 4.69) is 26.0 Å². The van der Waals surface area contributed by atoms with Crippen molar-refractivity contribution in [2.45, 2.75) is 45.6 Å². The first-order chi connectivity index (χ1) is 6.68. The van der Waals surface area contributed by atoms with Crippen LogP contribution < -0.4 is 5.73 Å². The van der Waals surface area contributed by atoms with Crippen molar-refractivity contribution in [3.63, 3.8) is 0 Å². The van der Waals surface area contributed by atoms with Crippen molar-refractivity contribution in [3.05, 3.63) is 34.4 Å². The third kappa shape index (κ3) is 1.69. The molecule has 0 radical (unpaired) electrons. The summed E-state index contributed by atoms with van der Waals surface area (Å²) in [4.78, 5) is 0. The standard InChI is InChI=1S/C13H19N/c1-9-7-11-5-3-4-6-13(14)12(11)8-10(9)2/h7-8,13H,3-6,14H2,1-2H3/t13-/m0/s1. The molecule has 1 aliphatic carbocycles. The summed E-state index contributed by atoms with van der Waals surface area (Å²) in [6.45, 7) is 4.36. The molecule has 0 fully saturated rings. The third-order valence-electron chi connectivity index (χ3n) is 3.37. The van der Waals surface area contributed by atoms with E-state index in [1.165, 1.54) is 41.5 Å². The summed E-state index contributed by atoms with van der Waals surface area (Å²) < 4.78 is 0. The Morgan fingerprint density at radius 3 is 2.64 bits per heavy atom. The van der Waals surface area contributed by atoms with Crippen LogP contribution in [0.25, 0.3) is 0 Å². The normalized spacial score (nSPS) is 21.5. The molecule has 0 bridgehead atoms. The number of hydrogen-bond donors (Lipinski definition) is 1. The molecular formula is C13H19N. The monoisotopic (exact) mass is 189 g/mol. The van der Waals surface area contributed by atoms with Crippen LogP contribution in [-0.4, -0.2) is 0 Å². The predicted molar refractivity (Wildman–Crippen MR) is 60.4 cm³/mol. The predicted octanol–water partition coefficient (Wildman–Crippen LogP) is 3.03. The van der Waals surface area contributed by atoms with Gasteiger partial charge < -0.3 is 5.73 Å². The van der Waals surface area contributed by atoms with Gasteiger partial charge >= 0.3 is 0 Å². The number of fused-ring (bicyclic) bond motifs is 1. The fourth-order valence-electron chi connectivity index (χ4n) is 2.30. The number of rotatable bonds is 0. The summed E-state index contributed by atoms with van der Waals surface area (Å²) in [5.74, 6) is 0. The zero-order chi connectivity index (χ0) is 10.1. The van der Waals surface area contributed by atoms with Gasteiger partial charge in [-0.2, -0.15) is 0 Å². The van der Waals surface area contributed by atoms with Gasteiger partial charge in [-0.3, -0.25) is 0 Å². The van der Waals surface area contributed by atoms with Crippen LogP contribution in [0.1, 0.15) is 47.6 Å². The molecule has 0 heterocycles. The van der Waals surface area contributed by atoms with Crippen LogP contribution in [0, 0.1) is 13.8 Å². The molecule has 1 aromatic carbocycles. The van der Waals surface area contributed by atoms with Crippen molar-refractivity contribution in [3.8, 4) is 0 Å². The molecule has 0 saturated heterocycles. The molecule has 2 N–H and O–H groups in total. The molecular weight excluding hydrogens is 170 g/mol.